The molecule has 130 valence electrons. The average Bonchev–Trinajstić information content (AvgIpc) is 2.61. The maximum atomic E-state index is 5.65. The molecule has 0 saturated carbocycles. The first kappa shape index (κ1) is 16.6. The van der Waals surface area contributed by atoms with Crippen LogP contribution < -0.4 is 9.47 Å². The Kier molecular flexibility index (Phi) is 4.92. The van der Waals surface area contributed by atoms with E-state index in [4.69, 9.17) is 28.9 Å². The van der Waals surface area contributed by atoms with E-state index in [0.717, 1.165) is 17.1 Å². The van der Waals surface area contributed by atoms with Crippen molar-refractivity contribution in [1.82, 2.24) is 0 Å². The first-order valence-electron chi connectivity index (χ1n) is 8.24. The Hall–Kier alpha value is -2.24. The normalized spacial score (nSPS) is 22.7. The molecule has 24 heavy (non-hydrogen) atoms. The molecule has 2 atom stereocenters. The molecule has 0 aromatic heterocycles. The van der Waals surface area contributed by atoms with Gasteiger partial charge in [0, 0.05) is 6.42 Å². The van der Waals surface area contributed by atoms with E-state index in [-0.39, 0.29) is 12.1 Å². The Labute approximate surface area is 142 Å². The summed E-state index contributed by atoms with van der Waals surface area (Å²) in [6.07, 6.45) is 0.668. The Morgan fingerprint density at radius 3 is 2.42 bits per heavy atom. The number of nitrogens with zero attached hydrogens (tertiary/aromatic N) is 2. The summed E-state index contributed by atoms with van der Waals surface area (Å²) in [6, 6.07) is 5.67. The highest BCUT2D eigenvalue weighted by Crippen LogP contribution is 2.31. The van der Waals surface area contributed by atoms with Gasteiger partial charge in [-0.05, 0) is 23.6 Å². The van der Waals surface area contributed by atoms with E-state index in [1.807, 2.05) is 18.2 Å². The third-order valence-corrected chi connectivity index (χ3v) is 4.17. The van der Waals surface area contributed by atoms with Crippen LogP contribution in [-0.2, 0) is 15.9 Å². The molecule has 0 radical (unpaired) electrons. The van der Waals surface area contributed by atoms with Gasteiger partial charge in [0.05, 0.1) is 14.2 Å². The summed E-state index contributed by atoms with van der Waals surface area (Å²) in [6.45, 7) is 5.36. The van der Waals surface area contributed by atoms with Crippen LogP contribution in [-0.4, -0.2) is 51.3 Å². The van der Waals surface area contributed by atoms with Crippen molar-refractivity contribution in [3.63, 3.8) is 0 Å². The number of benzene rings is 1. The third kappa shape index (κ3) is 3.32. The molecule has 0 saturated heterocycles. The van der Waals surface area contributed by atoms with Gasteiger partial charge in [-0.15, -0.1) is 0 Å². The van der Waals surface area contributed by atoms with Gasteiger partial charge in [0.15, 0.2) is 11.5 Å². The van der Waals surface area contributed by atoms with Gasteiger partial charge in [-0.2, -0.15) is 0 Å². The molecule has 6 nitrogen and oxygen atoms in total. The number of ether oxygens (including phenoxy) is 4. The van der Waals surface area contributed by atoms with Crippen molar-refractivity contribution in [2.24, 2.45) is 15.9 Å². The predicted molar refractivity (Wildman–Crippen MR) is 92.4 cm³/mol. The van der Waals surface area contributed by atoms with E-state index in [9.17, 15) is 0 Å². The minimum atomic E-state index is -0.192. The van der Waals surface area contributed by atoms with Crippen LogP contribution in [0.5, 0.6) is 11.5 Å². The van der Waals surface area contributed by atoms with E-state index < -0.39 is 0 Å². The Morgan fingerprint density at radius 1 is 1.04 bits per heavy atom. The fourth-order valence-corrected chi connectivity index (χ4v) is 2.93. The van der Waals surface area contributed by atoms with Crippen LogP contribution in [0.1, 0.15) is 19.4 Å². The van der Waals surface area contributed by atoms with Crippen LogP contribution >= 0.6 is 0 Å². The molecule has 0 fully saturated rings. The van der Waals surface area contributed by atoms with Crippen molar-refractivity contribution in [2.75, 3.05) is 27.4 Å². The highest BCUT2D eigenvalue weighted by atomic mass is 16.6. The summed E-state index contributed by atoms with van der Waals surface area (Å²) in [5.41, 5.74) is 1.09. The summed E-state index contributed by atoms with van der Waals surface area (Å²) < 4.78 is 22.2. The molecule has 0 aliphatic carbocycles. The lowest BCUT2D eigenvalue weighted by Gasteiger charge is -2.27. The van der Waals surface area contributed by atoms with Crippen molar-refractivity contribution >= 4 is 11.8 Å². The number of hydrogen-bond donors (Lipinski definition) is 0. The number of methoxy groups -OCH3 is 2. The molecule has 2 aliphatic heterocycles. The van der Waals surface area contributed by atoms with E-state index in [0.29, 0.717) is 37.3 Å². The zero-order valence-electron chi connectivity index (χ0n) is 14.6. The van der Waals surface area contributed by atoms with Gasteiger partial charge in [0.2, 0.25) is 11.8 Å². The van der Waals surface area contributed by atoms with Crippen LogP contribution in [0.25, 0.3) is 0 Å². The van der Waals surface area contributed by atoms with Gasteiger partial charge in [-0.1, -0.05) is 19.9 Å². The zero-order valence-corrected chi connectivity index (χ0v) is 14.6. The van der Waals surface area contributed by atoms with Crippen molar-refractivity contribution in [3.8, 4) is 11.5 Å². The fourth-order valence-electron chi connectivity index (χ4n) is 2.93. The first-order valence-corrected chi connectivity index (χ1v) is 8.24. The van der Waals surface area contributed by atoms with E-state index >= 15 is 0 Å². The monoisotopic (exact) mass is 332 g/mol. The largest absolute Gasteiger partial charge is 0.486 e. The third-order valence-electron chi connectivity index (χ3n) is 4.17. The van der Waals surface area contributed by atoms with E-state index in [1.54, 1.807) is 14.2 Å². The lowest BCUT2D eigenvalue weighted by Crippen LogP contribution is -2.38. The molecule has 2 unspecified atom stereocenters. The zero-order chi connectivity index (χ0) is 17.1. The second-order valence-corrected chi connectivity index (χ2v) is 6.23. The first-order chi connectivity index (χ1) is 11.6. The van der Waals surface area contributed by atoms with Gasteiger partial charge >= 0.3 is 0 Å². The molecule has 2 aliphatic rings. The van der Waals surface area contributed by atoms with Crippen LogP contribution in [0.2, 0.25) is 0 Å². The van der Waals surface area contributed by atoms with Gasteiger partial charge in [-0.25, -0.2) is 9.98 Å². The van der Waals surface area contributed by atoms with Crippen molar-refractivity contribution < 1.29 is 18.9 Å². The number of hydrogen-bond acceptors (Lipinski definition) is 6. The van der Waals surface area contributed by atoms with Gasteiger partial charge in [0.1, 0.15) is 25.3 Å². The maximum absolute atomic E-state index is 5.65. The second kappa shape index (κ2) is 7.11. The minimum absolute atomic E-state index is 0.0959. The summed E-state index contributed by atoms with van der Waals surface area (Å²) >= 11 is 0. The molecule has 0 spiro atoms. The smallest absolute Gasteiger partial charge is 0.209 e. The van der Waals surface area contributed by atoms with Crippen molar-refractivity contribution in [2.45, 2.75) is 32.4 Å². The van der Waals surface area contributed by atoms with Crippen LogP contribution in [0.15, 0.2) is 28.2 Å². The Morgan fingerprint density at radius 2 is 1.75 bits per heavy atom. The predicted octanol–water partition coefficient (Wildman–Crippen LogP) is 2.50. The van der Waals surface area contributed by atoms with Crippen LogP contribution in [0.3, 0.4) is 0 Å². The topological polar surface area (TPSA) is 61.6 Å². The minimum Gasteiger partial charge on any atom is -0.486 e. The van der Waals surface area contributed by atoms with Gasteiger partial charge in [0.25, 0.3) is 0 Å². The number of aliphatic imine (C=N–C) groups is 2. The second-order valence-electron chi connectivity index (χ2n) is 6.23. The molecular weight excluding hydrogens is 308 g/mol. The Bertz CT molecular complexity index is 654. The maximum Gasteiger partial charge on any atom is 0.209 e. The molecule has 0 amide bonds. The molecule has 1 aromatic rings. The summed E-state index contributed by atoms with van der Waals surface area (Å²) in [7, 11) is 3.28. The highest BCUT2D eigenvalue weighted by molar-refractivity contribution is 5.94. The van der Waals surface area contributed by atoms with Crippen LogP contribution in [0.4, 0.5) is 0 Å². The number of fused-ring (bicyclic) bond motifs is 1. The van der Waals surface area contributed by atoms with Crippen LogP contribution in [0, 0.1) is 5.92 Å². The molecule has 6 heteroatoms. The molecular formula is C18H24N2O4. The van der Waals surface area contributed by atoms with Crippen molar-refractivity contribution in [3.05, 3.63) is 23.8 Å². The summed E-state index contributed by atoms with van der Waals surface area (Å²) in [5.74, 6) is 3.17. The molecule has 1 aromatic carbocycles. The lowest BCUT2D eigenvalue weighted by molar-refractivity contribution is 0.171. The lowest BCUT2D eigenvalue weighted by atomic mass is 10.0. The molecule has 3 rings (SSSR count). The SMILES string of the molecule is COC1=NC(C(C)C)C(OC)=NC1Cc1ccc2c(c1)OCCO2. The van der Waals surface area contributed by atoms with Gasteiger partial charge in [-0.3, -0.25) is 0 Å². The molecule has 0 N–H and O–H groups in total. The van der Waals surface area contributed by atoms with E-state index in [1.165, 1.54) is 0 Å². The number of rotatable bonds is 3. The summed E-state index contributed by atoms with van der Waals surface area (Å²) in [4.78, 5) is 9.43. The highest BCUT2D eigenvalue weighted by Gasteiger charge is 2.31. The quantitative estimate of drug-likeness (QED) is 0.853. The van der Waals surface area contributed by atoms with Crippen molar-refractivity contribution in [1.29, 1.82) is 0 Å². The standard InChI is InChI=1S/C18H24N2O4/c1-11(2)16-18(22-4)19-13(17(20-16)21-3)9-12-5-6-14-15(10-12)24-8-7-23-14/h5-6,10-11,13,16H,7-9H2,1-4H3. The molecule has 0 bridgehead atoms. The average molecular weight is 332 g/mol. The fraction of sp³-hybridized carbons (Fsp3) is 0.556. The molecule has 2 heterocycles. The van der Waals surface area contributed by atoms with E-state index in [2.05, 4.69) is 13.8 Å². The Balaban J connectivity index is 1.83. The summed E-state index contributed by atoms with van der Waals surface area (Å²) in [5, 5.41) is 0. The van der Waals surface area contributed by atoms with Gasteiger partial charge < -0.3 is 18.9 Å².